The molecule has 1 heterocycles. The van der Waals surface area contributed by atoms with Gasteiger partial charge in [0.1, 0.15) is 0 Å². The summed E-state index contributed by atoms with van der Waals surface area (Å²) in [6.07, 6.45) is 3.98. The number of thioether (sulfide) groups is 1. The van der Waals surface area contributed by atoms with Gasteiger partial charge in [-0.3, -0.25) is 9.59 Å². The first kappa shape index (κ1) is 16.7. The molecule has 0 radical (unpaired) electrons. The predicted octanol–water partition coefficient (Wildman–Crippen LogP) is 3.22. The maximum atomic E-state index is 12.8. The van der Waals surface area contributed by atoms with E-state index in [4.69, 9.17) is 11.6 Å². The maximum absolute atomic E-state index is 12.8. The van der Waals surface area contributed by atoms with Crippen molar-refractivity contribution in [3.8, 4) is 0 Å². The quantitative estimate of drug-likeness (QED) is 0.603. The fraction of sp³-hybridized carbons (Fsp3) is 0.375. The number of carbonyl (C=O) groups excluding carboxylic acids is 2. The van der Waals surface area contributed by atoms with E-state index in [1.54, 1.807) is 0 Å². The van der Waals surface area contributed by atoms with Crippen LogP contribution in [0.2, 0.25) is 5.02 Å². The molecule has 1 aliphatic carbocycles. The number of halogens is 1. The SMILES string of the molecule is CSC1=C(C(=O)c2ccc3c(c2Cl)CCS3(=O)=O)C(=O)CCC1. The van der Waals surface area contributed by atoms with Gasteiger partial charge in [0.05, 0.1) is 21.2 Å². The number of allylic oxidation sites excluding steroid dienone is 2. The van der Waals surface area contributed by atoms with Crippen molar-refractivity contribution in [1.82, 2.24) is 0 Å². The van der Waals surface area contributed by atoms with Gasteiger partial charge in [-0.05, 0) is 48.1 Å². The van der Waals surface area contributed by atoms with Gasteiger partial charge in [0.2, 0.25) is 0 Å². The summed E-state index contributed by atoms with van der Waals surface area (Å²) in [6, 6.07) is 2.86. The van der Waals surface area contributed by atoms with Crippen molar-refractivity contribution in [2.75, 3.05) is 12.0 Å². The van der Waals surface area contributed by atoms with Crippen LogP contribution < -0.4 is 0 Å². The van der Waals surface area contributed by atoms with Crippen molar-refractivity contribution in [2.45, 2.75) is 30.6 Å². The zero-order valence-corrected chi connectivity index (χ0v) is 14.9. The Hall–Kier alpha value is -1.11. The largest absolute Gasteiger partial charge is 0.294 e. The number of rotatable bonds is 3. The van der Waals surface area contributed by atoms with Crippen molar-refractivity contribution in [2.24, 2.45) is 0 Å². The number of fused-ring (bicyclic) bond motifs is 1. The van der Waals surface area contributed by atoms with Gasteiger partial charge in [-0.2, -0.15) is 0 Å². The lowest BCUT2D eigenvalue weighted by molar-refractivity contribution is -0.115. The monoisotopic (exact) mass is 370 g/mol. The molecule has 0 spiro atoms. The van der Waals surface area contributed by atoms with Gasteiger partial charge in [0.15, 0.2) is 21.4 Å². The number of Topliss-reactive ketones (excluding diaryl/α,β-unsaturated/α-hetero) is 2. The standard InChI is InChI=1S/C16H15ClO4S2/c1-22-12-4-2-3-11(18)14(12)16(19)10-5-6-13-9(15(10)17)7-8-23(13,20)21/h5-6H,2-4,7-8H2,1H3. The van der Waals surface area contributed by atoms with Crippen molar-refractivity contribution >= 4 is 44.8 Å². The topological polar surface area (TPSA) is 68.3 Å². The molecule has 1 aliphatic heterocycles. The van der Waals surface area contributed by atoms with Crippen LogP contribution in [0.5, 0.6) is 0 Å². The van der Waals surface area contributed by atoms with Gasteiger partial charge >= 0.3 is 0 Å². The molecule has 0 fully saturated rings. The molecule has 2 aliphatic rings. The Kier molecular flexibility index (Phi) is 4.42. The highest BCUT2D eigenvalue weighted by molar-refractivity contribution is 8.02. The first-order valence-electron chi connectivity index (χ1n) is 7.26. The van der Waals surface area contributed by atoms with E-state index in [0.717, 1.165) is 11.3 Å². The van der Waals surface area contributed by atoms with E-state index in [2.05, 4.69) is 0 Å². The first-order chi connectivity index (χ1) is 10.9. The van der Waals surface area contributed by atoms with Gasteiger partial charge in [0.25, 0.3) is 0 Å². The maximum Gasteiger partial charge on any atom is 0.198 e. The van der Waals surface area contributed by atoms with E-state index in [0.29, 0.717) is 24.8 Å². The van der Waals surface area contributed by atoms with Crippen LogP contribution in [0, 0.1) is 0 Å². The molecular formula is C16H15ClO4S2. The Labute approximate surface area is 144 Å². The molecule has 3 rings (SSSR count). The van der Waals surface area contributed by atoms with E-state index in [1.165, 1.54) is 23.9 Å². The average molecular weight is 371 g/mol. The second-order valence-electron chi connectivity index (χ2n) is 5.58. The minimum absolute atomic E-state index is 0.0113. The lowest BCUT2D eigenvalue weighted by atomic mass is 9.91. The van der Waals surface area contributed by atoms with E-state index >= 15 is 0 Å². The third kappa shape index (κ3) is 2.77. The molecule has 0 saturated carbocycles. The van der Waals surface area contributed by atoms with Crippen LogP contribution >= 0.6 is 23.4 Å². The molecule has 4 nitrogen and oxygen atoms in total. The molecule has 0 N–H and O–H groups in total. The summed E-state index contributed by atoms with van der Waals surface area (Å²) in [6.45, 7) is 0. The predicted molar refractivity (Wildman–Crippen MR) is 90.9 cm³/mol. The lowest BCUT2D eigenvalue weighted by Crippen LogP contribution is -2.19. The summed E-state index contributed by atoms with van der Waals surface area (Å²) in [5.41, 5.74) is 0.929. The molecule has 0 saturated heterocycles. The molecular weight excluding hydrogens is 356 g/mol. The summed E-state index contributed by atoms with van der Waals surface area (Å²) in [5.74, 6) is -0.539. The zero-order valence-electron chi connectivity index (χ0n) is 12.5. The molecule has 0 bridgehead atoms. The molecule has 122 valence electrons. The second kappa shape index (κ2) is 6.07. The second-order valence-corrected chi connectivity index (χ2v) is 8.94. The van der Waals surface area contributed by atoms with Gasteiger partial charge in [-0.25, -0.2) is 8.42 Å². The van der Waals surface area contributed by atoms with Crippen LogP contribution in [0.3, 0.4) is 0 Å². The number of carbonyl (C=O) groups is 2. The van der Waals surface area contributed by atoms with Crippen LogP contribution in [0.15, 0.2) is 27.5 Å². The van der Waals surface area contributed by atoms with Gasteiger partial charge < -0.3 is 0 Å². The Morgan fingerprint density at radius 2 is 1.96 bits per heavy atom. The normalized spacial score (nSPS) is 19.8. The first-order valence-corrected chi connectivity index (χ1v) is 10.5. The summed E-state index contributed by atoms with van der Waals surface area (Å²) >= 11 is 7.72. The fourth-order valence-electron chi connectivity index (χ4n) is 3.06. The average Bonchev–Trinajstić information content (AvgIpc) is 2.83. The molecule has 23 heavy (non-hydrogen) atoms. The lowest BCUT2D eigenvalue weighted by Gasteiger charge is -2.18. The van der Waals surface area contributed by atoms with Crippen molar-refractivity contribution in [3.63, 3.8) is 0 Å². The highest BCUT2D eigenvalue weighted by Gasteiger charge is 2.33. The van der Waals surface area contributed by atoms with Crippen LogP contribution in [0.1, 0.15) is 35.2 Å². The summed E-state index contributed by atoms with van der Waals surface area (Å²) in [5, 5.41) is 0.167. The van der Waals surface area contributed by atoms with Gasteiger partial charge in [-0.1, -0.05) is 11.6 Å². The van der Waals surface area contributed by atoms with E-state index in [-0.39, 0.29) is 32.6 Å². The highest BCUT2D eigenvalue weighted by Crippen LogP contribution is 2.37. The van der Waals surface area contributed by atoms with Crippen LogP contribution in [-0.2, 0) is 21.1 Å². The third-order valence-electron chi connectivity index (χ3n) is 4.24. The zero-order chi connectivity index (χ0) is 16.8. The Balaban J connectivity index is 2.12. The molecule has 7 heteroatoms. The molecule has 1 aromatic carbocycles. The van der Waals surface area contributed by atoms with Crippen LogP contribution in [-0.4, -0.2) is 32.0 Å². The van der Waals surface area contributed by atoms with E-state index in [1.807, 2.05) is 6.26 Å². The molecule has 0 aromatic heterocycles. The number of benzene rings is 1. The Morgan fingerprint density at radius 3 is 2.65 bits per heavy atom. The van der Waals surface area contributed by atoms with Crippen molar-refractivity contribution in [3.05, 3.63) is 38.8 Å². The summed E-state index contributed by atoms with van der Waals surface area (Å²) in [4.78, 5) is 26.0. The molecule has 0 amide bonds. The summed E-state index contributed by atoms with van der Waals surface area (Å²) < 4.78 is 23.9. The molecule has 0 unspecified atom stereocenters. The Morgan fingerprint density at radius 1 is 1.22 bits per heavy atom. The minimum atomic E-state index is -3.30. The fourth-order valence-corrected chi connectivity index (χ4v) is 5.76. The van der Waals surface area contributed by atoms with E-state index < -0.39 is 15.6 Å². The number of hydrogen-bond donors (Lipinski definition) is 0. The smallest absolute Gasteiger partial charge is 0.198 e. The summed E-state index contributed by atoms with van der Waals surface area (Å²) in [7, 11) is -3.30. The minimum Gasteiger partial charge on any atom is -0.294 e. The van der Waals surface area contributed by atoms with E-state index in [9.17, 15) is 18.0 Å². The highest BCUT2D eigenvalue weighted by atomic mass is 35.5. The number of hydrogen-bond acceptors (Lipinski definition) is 5. The number of sulfone groups is 1. The van der Waals surface area contributed by atoms with Crippen LogP contribution in [0.25, 0.3) is 0 Å². The third-order valence-corrected chi connectivity index (χ3v) is 7.37. The Bertz CT molecular complexity index is 853. The van der Waals surface area contributed by atoms with Gasteiger partial charge in [0, 0.05) is 12.0 Å². The van der Waals surface area contributed by atoms with Crippen molar-refractivity contribution < 1.29 is 18.0 Å². The van der Waals surface area contributed by atoms with Gasteiger partial charge in [-0.15, -0.1) is 11.8 Å². The van der Waals surface area contributed by atoms with Crippen molar-refractivity contribution in [1.29, 1.82) is 0 Å². The number of ketones is 2. The molecule has 1 aromatic rings. The van der Waals surface area contributed by atoms with Crippen LogP contribution in [0.4, 0.5) is 0 Å². The molecule has 0 atom stereocenters.